The van der Waals surface area contributed by atoms with Crippen LogP contribution in [0.1, 0.15) is 42.6 Å². The molecule has 0 spiro atoms. The molecule has 3 N–H and O–H groups in total. The van der Waals surface area contributed by atoms with Crippen molar-refractivity contribution in [3.05, 3.63) is 63.9 Å². The van der Waals surface area contributed by atoms with Crippen molar-refractivity contribution in [2.24, 2.45) is 5.84 Å². The predicted octanol–water partition coefficient (Wildman–Crippen LogP) is 3.52. The van der Waals surface area contributed by atoms with Gasteiger partial charge in [-0.25, -0.2) is 5.43 Å². The van der Waals surface area contributed by atoms with E-state index in [-0.39, 0.29) is 6.04 Å². The molecule has 3 nitrogen and oxygen atoms in total. The summed E-state index contributed by atoms with van der Waals surface area (Å²) in [6.07, 6.45) is 1.77. The summed E-state index contributed by atoms with van der Waals surface area (Å²) in [7, 11) is 0. The Labute approximate surface area is 122 Å². The molecule has 0 aliphatic rings. The van der Waals surface area contributed by atoms with Crippen LogP contribution in [0.2, 0.25) is 0 Å². The van der Waals surface area contributed by atoms with E-state index in [1.807, 2.05) is 12.1 Å². The van der Waals surface area contributed by atoms with Gasteiger partial charge in [0.25, 0.3) is 0 Å². The summed E-state index contributed by atoms with van der Waals surface area (Å²) in [5, 5.41) is 0. The molecular formula is C15H18BrN3. The Hall–Kier alpha value is -1.23. The van der Waals surface area contributed by atoms with Gasteiger partial charge in [0, 0.05) is 10.7 Å². The highest BCUT2D eigenvalue weighted by molar-refractivity contribution is 9.10. The van der Waals surface area contributed by atoms with Crippen LogP contribution in [-0.2, 0) is 0 Å². The SMILES string of the molecule is CC(C)c1ccc(C(NN)c2ncccc2Br)cc1. The number of hydrazine groups is 1. The van der Waals surface area contributed by atoms with Crippen LogP contribution < -0.4 is 11.3 Å². The molecule has 1 atom stereocenters. The van der Waals surface area contributed by atoms with Crippen molar-refractivity contribution >= 4 is 15.9 Å². The first-order valence-electron chi connectivity index (χ1n) is 6.30. The number of halogens is 1. The maximum atomic E-state index is 5.69. The van der Waals surface area contributed by atoms with E-state index < -0.39 is 0 Å². The molecule has 0 amide bonds. The zero-order chi connectivity index (χ0) is 13.8. The Morgan fingerprint density at radius 2 is 1.74 bits per heavy atom. The minimum absolute atomic E-state index is 0.114. The molecule has 1 heterocycles. The number of aromatic nitrogens is 1. The summed E-state index contributed by atoms with van der Waals surface area (Å²) in [6.45, 7) is 4.37. The lowest BCUT2D eigenvalue weighted by Gasteiger charge is -2.18. The second-order valence-corrected chi connectivity index (χ2v) is 5.65. The Morgan fingerprint density at radius 3 is 2.26 bits per heavy atom. The molecule has 2 rings (SSSR count). The minimum atomic E-state index is -0.114. The quantitative estimate of drug-likeness (QED) is 0.669. The summed E-state index contributed by atoms with van der Waals surface area (Å²) in [4.78, 5) is 4.39. The van der Waals surface area contributed by atoms with E-state index >= 15 is 0 Å². The molecule has 0 saturated heterocycles. The van der Waals surface area contributed by atoms with Crippen LogP contribution in [0.15, 0.2) is 47.1 Å². The van der Waals surface area contributed by atoms with E-state index in [4.69, 9.17) is 5.84 Å². The lowest BCUT2D eigenvalue weighted by molar-refractivity contribution is 0.617. The van der Waals surface area contributed by atoms with Gasteiger partial charge in [0.15, 0.2) is 0 Å². The molecule has 19 heavy (non-hydrogen) atoms. The molecular weight excluding hydrogens is 302 g/mol. The number of nitrogens with two attached hydrogens (primary N) is 1. The third-order valence-corrected chi connectivity index (χ3v) is 3.83. The smallest absolute Gasteiger partial charge is 0.0892 e. The Balaban J connectivity index is 2.35. The normalized spacial score (nSPS) is 12.7. The number of benzene rings is 1. The molecule has 1 aromatic carbocycles. The van der Waals surface area contributed by atoms with Crippen LogP contribution in [0.4, 0.5) is 0 Å². The van der Waals surface area contributed by atoms with Gasteiger partial charge >= 0.3 is 0 Å². The number of pyridine rings is 1. The first-order valence-corrected chi connectivity index (χ1v) is 7.09. The van der Waals surface area contributed by atoms with Gasteiger partial charge in [0.2, 0.25) is 0 Å². The van der Waals surface area contributed by atoms with Gasteiger partial charge in [0.05, 0.1) is 11.7 Å². The van der Waals surface area contributed by atoms with Crippen molar-refractivity contribution in [1.82, 2.24) is 10.4 Å². The van der Waals surface area contributed by atoms with Gasteiger partial charge in [-0.2, -0.15) is 0 Å². The highest BCUT2D eigenvalue weighted by Crippen LogP contribution is 2.27. The van der Waals surface area contributed by atoms with Crippen LogP contribution in [-0.4, -0.2) is 4.98 Å². The highest BCUT2D eigenvalue weighted by atomic mass is 79.9. The van der Waals surface area contributed by atoms with Gasteiger partial charge in [-0.15, -0.1) is 0 Å². The standard InChI is InChI=1S/C15H18BrN3/c1-10(2)11-5-7-12(8-6-11)14(19-17)15-13(16)4-3-9-18-15/h3-10,14,19H,17H2,1-2H3. The maximum Gasteiger partial charge on any atom is 0.0892 e. The summed E-state index contributed by atoms with van der Waals surface area (Å²) in [5.41, 5.74) is 6.14. The molecule has 0 aliphatic carbocycles. The Bertz CT molecular complexity index is 537. The van der Waals surface area contributed by atoms with Crippen molar-refractivity contribution in [3.8, 4) is 0 Å². The second kappa shape index (κ2) is 6.28. The largest absolute Gasteiger partial charge is 0.271 e. The average molecular weight is 320 g/mol. The molecule has 0 fully saturated rings. The molecule has 0 saturated carbocycles. The van der Waals surface area contributed by atoms with Crippen molar-refractivity contribution in [1.29, 1.82) is 0 Å². The van der Waals surface area contributed by atoms with E-state index in [0.717, 1.165) is 15.7 Å². The first-order chi connectivity index (χ1) is 9.13. The fraction of sp³-hybridized carbons (Fsp3) is 0.267. The van der Waals surface area contributed by atoms with E-state index in [1.165, 1.54) is 5.56 Å². The molecule has 1 aromatic heterocycles. The van der Waals surface area contributed by atoms with E-state index in [1.54, 1.807) is 6.20 Å². The van der Waals surface area contributed by atoms with Crippen LogP contribution in [0.5, 0.6) is 0 Å². The average Bonchev–Trinajstić information content (AvgIpc) is 2.42. The number of rotatable bonds is 4. The van der Waals surface area contributed by atoms with Crippen molar-refractivity contribution < 1.29 is 0 Å². The molecule has 2 aromatic rings. The fourth-order valence-corrected chi connectivity index (χ4v) is 2.50. The fourth-order valence-electron chi connectivity index (χ4n) is 2.02. The Kier molecular flexibility index (Phi) is 4.69. The maximum absolute atomic E-state index is 5.69. The van der Waals surface area contributed by atoms with Crippen molar-refractivity contribution in [2.75, 3.05) is 0 Å². The summed E-state index contributed by atoms with van der Waals surface area (Å²) in [6, 6.07) is 12.2. The van der Waals surface area contributed by atoms with Crippen molar-refractivity contribution in [2.45, 2.75) is 25.8 Å². The van der Waals surface area contributed by atoms with Crippen LogP contribution >= 0.6 is 15.9 Å². The Morgan fingerprint density at radius 1 is 1.11 bits per heavy atom. The number of nitrogens with zero attached hydrogens (tertiary/aromatic N) is 1. The van der Waals surface area contributed by atoms with Gasteiger partial charge < -0.3 is 0 Å². The minimum Gasteiger partial charge on any atom is -0.271 e. The van der Waals surface area contributed by atoms with Gasteiger partial charge in [-0.1, -0.05) is 38.1 Å². The van der Waals surface area contributed by atoms with Crippen molar-refractivity contribution in [3.63, 3.8) is 0 Å². The third-order valence-electron chi connectivity index (χ3n) is 3.16. The first kappa shape index (κ1) is 14.2. The van der Waals surface area contributed by atoms with Crippen LogP contribution in [0, 0.1) is 0 Å². The lowest BCUT2D eigenvalue weighted by atomic mass is 9.98. The van der Waals surface area contributed by atoms with Crippen LogP contribution in [0.25, 0.3) is 0 Å². The summed E-state index contributed by atoms with van der Waals surface area (Å²) < 4.78 is 0.950. The van der Waals surface area contributed by atoms with Gasteiger partial charge in [0.1, 0.15) is 0 Å². The zero-order valence-corrected chi connectivity index (χ0v) is 12.7. The van der Waals surface area contributed by atoms with E-state index in [2.05, 4.69) is 64.5 Å². The predicted molar refractivity (Wildman–Crippen MR) is 81.6 cm³/mol. The monoisotopic (exact) mass is 319 g/mol. The summed E-state index contributed by atoms with van der Waals surface area (Å²) >= 11 is 3.51. The van der Waals surface area contributed by atoms with E-state index in [0.29, 0.717) is 5.92 Å². The van der Waals surface area contributed by atoms with Gasteiger partial charge in [-0.05, 0) is 45.1 Å². The molecule has 0 aliphatic heterocycles. The lowest BCUT2D eigenvalue weighted by Crippen LogP contribution is -2.29. The van der Waals surface area contributed by atoms with Crippen LogP contribution in [0.3, 0.4) is 0 Å². The molecule has 4 heteroatoms. The molecule has 0 radical (unpaired) electrons. The summed E-state index contributed by atoms with van der Waals surface area (Å²) in [5.74, 6) is 6.22. The number of hydrogen-bond donors (Lipinski definition) is 2. The number of nitrogens with one attached hydrogen (secondary N) is 1. The molecule has 100 valence electrons. The second-order valence-electron chi connectivity index (χ2n) is 4.79. The zero-order valence-electron chi connectivity index (χ0n) is 11.1. The van der Waals surface area contributed by atoms with E-state index in [9.17, 15) is 0 Å². The topological polar surface area (TPSA) is 50.9 Å². The molecule has 1 unspecified atom stereocenters. The molecule has 0 bridgehead atoms. The van der Waals surface area contributed by atoms with Gasteiger partial charge in [-0.3, -0.25) is 10.8 Å². The third kappa shape index (κ3) is 3.21. The number of hydrogen-bond acceptors (Lipinski definition) is 3. The highest BCUT2D eigenvalue weighted by Gasteiger charge is 2.16.